The number of hydrogen-bond acceptors (Lipinski definition) is 3. The van der Waals surface area contributed by atoms with Crippen LogP contribution in [0.5, 0.6) is 0 Å². The molecule has 3 aromatic rings. The van der Waals surface area contributed by atoms with Gasteiger partial charge in [-0.05, 0) is 48.3 Å². The molecule has 0 radical (unpaired) electrons. The van der Waals surface area contributed by atoms with Gasteiger partial charge in [0.05, 0.1) is 12.7 Å². The number of para-hydroxylation sites is 1. The second-order valence-corrected chi connectivity index (χ2v) is 7.23. The molecule has 30 heavy (non-hydrogen) atoms. The molecule has 0 atom stereocenters. The van der Waals surface area contributed by atoms with Crippen molar-refractivity contribution in [1.29, 1.82) is 0 Å². The highest BCUT2D eigenvalue weighted by molar-refractivity contribution is 7.80. The number of aromatic nitrogens is 2. The Balaban J connectivity index is 1.49. The van der Waals surface area contributed by atoms with E-state index in [0.717, 1.165) is 28.8 Å². The Morgan fingerprint density at radius 3 is 2.70 bits per heavy atom. The number of carbonyl (C=O) groups excluding carboxylic acids is 1. The lowest BCUT2D eigenvalue weighted by molar-refractivity contribution is -0.116. The Bertz CT molecular complexity index is 1040. The zero-order valence-electron chi connectivity index (χ0n) is 17.1. The second-order valence-electron chi connectivity index (χ2n) is 6.82. The van der Waals surface area contributed by atoms with Gasteiger partial charge in [0, 0.05) is 23.5 Å². The number of nitrogens with one attached hydrogen (secondary N) is 3. The second kappa shape index (κ2) is 10.4. The monoisotopic (exact) mass is 419 g/mol. The summed E-state index contributed by atoms with van der Waals surface area (Å²) in [5, 5.41) is 7.81. The van der Waals surface area contributed by atoms with E-state index in [1.807, 2.05) is 60.3 Å². The summed E-state index contributed by atoms with van der Waals surface area (Å²) in [6, 6.07) is 16.2. The number of aryl methyl sites for hydroxylation is 2. The minimum Gasteiger partial charge on any atom is -0.331 e. The van der Waals surface area contributed by atoms with Crippen molar-refractivity contribution in [3.63, 3.8) is 0 Å². The van der Waals surface area contributed by atoms with Crippen molar-refractivity contribution in [2.45, 2.75) is 26.8 Å². The average molecular weight is 420 g/mol. The van der Waals surface area contributed by atoms with Crippen molar-refractivity contribution in [1.82, 2.24) is 20.6 Å². The van der Waals surface area contributed by atoms with E-state index >= 15 is 0 Å². The fraction of sp³-hybridized carbons (Fsp3) is 0.174. The first-order valence-corrected chi connectivity index (χ1v) is 10.2. The minimum absolute atomic E-state index is 0.310. The van der Waals surface area contributed by atoms with Crippen LogP contribution in [0.1, 0.15) is 29.2 Å². The third-order valence-electron chi connectivity index (χ3n) is 4.55. The predicted molar refractivity (Wildman–Crippen MR) is 125 cm³/mol. The molecule has 0 bridgehead atoms. The smallest absolute Gasteiger partial charge is 0.262 e. The Hall–Kier alpha value is -3.45. The third-order valence-corrected chi connectivity index (χ3v) is 4.75. The molecule has 0 unspecified atom stereocenters. The van der Waals surface area contributed by atoms with Crippen LogP contribution in [0.15, 0.2) is 67.0 Å². The van der Waals surface area contributed by atoms with Crippen molar-refractivity contribution in [3.8, 4) is 0 Å². The number of hydrogen-bond donors (Lipinski definition) is 3. The largest absolute Gasteiger partial charge is 0.331 e. The number of amides is 1. The van der Waals surface area contributed by atoms with Gasteiger partial charge in [0.15, 0.2) is 5.11 Å². The van der Waals surface area contributed by atoms with E-state index < -0.39 is 0 Å². The van der Waals surface area contributed by atoms with Gasteiger partial charge < -0.3 is 5.32 Å². The lowest BCUT2D eigenvalue weighted by Gasteiger charge is -2.15. The van der Waals surface area contributed by atoms with E-state index in [9.17, 15) is 4.79 Å². The molecule has 2 aromatic carbocycles. The first-order chi connectivity index (χ1) is 14.5. The molecule has 0 saturated carbocycles. The molecule has 0 fully saturated rings. The van der Waals surface area contributed by atoms with Crippen molar-refractivity contribution in [2.75, 3.05) is 5.32 Å². The van der Waals surface area contributed by atoms with E-state index in [2.05, 4.69) is 34.3 Å². The maximum Gasteiger partial charge on any atom is 0.262 e. The first kappa shape index (κ1) is 21.3. The van der Waals surface area contributed by atoms with Crippen molar-refractivity contribution in [3.05, 3.63) is 89.3 Å². The standard InChI is InChI=1S/C23H25N5OS/c1-3-20-11-7-8-17(2)22(20)25-23(30)27-26-21(29)13-12-19-14-24-28(16-19)15-18-9-5-4-6-10-18/h4-14,16H,3,15H2,1-2H3,(H,26,29)(H2,25,27,30)/b13-12+. The number of benzene rings is 2. The summed E-state index contributed by atoms with van der Waals surface area (Å²) < 4.78 is 1.83. The molecule has 1 aromatic heterocycles. The fourth-order valence-corrected chi connectivity index (χ4v) is 3.15. The van der Waals surface area contributed by atoms with Crippen molar-refractivity contribution in [2.24, 2.45) is 0 Å². The van der Waals surface area contributed by atoms with Crippen LogP contribution in [0, 0.1) is 6.92 Å². The van der Waals surface area contributed by atoms with E-state index in [0.29, 0.717) is 11.7 Å². The molecule has 1 heterocycles. The van der Waals surface area contributed by atoms with Gasteiger partial charge in [-0.15, -0.1) is 0 Å². The average Bonchev–Trinajstić information content (AvgIpc) is 3.20. The van der Waals surface area contributed by atoms with E-state index in [1.54, 1.807) is 12.3 Å². The summed E-state index contributed by atoms with van der Waals surface area (Å²) in [4.78, 5) is 12.1. The number of nitrogens with zero attached hydrogens (tertiary/aromatic N) is 2. The van der Waals surface area contributed by atoms with Gasteiger partial charge in [-0.25, -0.2) is 0 Å². The number of thiocarbonyl (C=S) groups is 1. The van der Waals surface area contributed by atoms with Gasteiger partial charge in [-0.1, -0.05) is 55.5 Å². The highest BCUT2D eigenvalue weighted by Gasteiger charge is 2.06. The Morgan fingerprint density at radius 1 is 1.13 bits per heavy atom. The van der Waals surface area contributed by atoms with E-state index in [-0.39, 0.29) is 5.91 Å². The molecule has 0 spiro atoms. The van der Waals surface area contributed by atoms with Crippen LogP contribution >= 0.6 is 12.2 Å². The number of hydrazine groups is 1. The third kappa shape index (κ3) is 6.02. The van der Waals surface area contributed by atoms with Crippen LogP contribution in [0.4, 0.5) is 5.69 Å². The summed E-state index contributed by atoms with van der Waals surface area (Å²) in [5.41, 5.74) is 10.5. The van der Waals surface area contributed by atoms with Crippen LogP contribution in [0.3, 0.4) is 0 Å². The summed E-state index contributed by atoms with van der Waals surface area (Å²) in [5.74, 6) is -0.310. The molecular formula is C23H25N5OS. The van der Waals surface area contributed by atoms with Crippen LogP contribution < -0.4 is 16.2 Å². The summed E-state index contributed by atoms with van der Waals surface area (Å²) in [6.07, 6.45) is 7.64. The van der Waals surface area contributed by atoms with Crippen LogP contribution in [0.2, 0.25) is 0 Å². The Kier molecular flexibility index (Phi) is 7.34. The molecule has 0 aliphatic heterocycles. The van der Waals surface area contributed by atoms with Gasteiger partial charge in [0.2, 0.25) is 0 Å². The highest BCUT2D eigenvalue weighted by Crippen LogP contribution is 2.20. The summed E-state index contributed by atoms with van der Waals surface area (Å²) in [6.45, 7) is 4.79. The molecule has 3 N–H and O–H groups in total. The Labute approximate surface area is 182 Å². The van der Waals surface area contributed by atoms with Crippen molar-refractivity contribution < 1.29 is 4.79 Å². The molecule has 154 valence electrons. The first-order valence-electron chi connectivity index (χ1n) is 9.75. The molecular weight excluding hydrogens is 394 g/mol. The molecule has 1 amide bonds. The van der Waals surface area contributed by atoms with Gasteiger partial charge in [0.1, 0.15) is 0 Å². The number of rotatable bonds is 6. The van der Waals surface area contributed by atoms with Gasteiger partial charge in [0.25, 0.3) is 5.91 Å². The predicted octanol–water partition coefficient (Wildman–Crippen LogP) is 3.83. The topological polar surface area (TPSA) is 71.0 Å². The van der Waals surface area contributed by atoms with Crippen LogP contribution in [0.25, 0.3) is 6.08 Å². The maximum absolute atomic E-state index is 12.1. The maximum atomic E-state index is 12.1. The molecule has 0 aliphatic rings. The van der Waals surface area contributed by atoms with Gasteiger partial charge in [-0.3, -0.25) is 20.3 Å². The molecule has 6 nitrogen and oxygen atoms in total. The van der Waals surface area contributed by atoms with Crippen LogP contribution in [-0.4, -0.2) is 20.8 Å². The van der Waals surface area contributed by atoms with Crippen LogP contribution in [-0.2, 0) is 17.8 Å². The molecule has 3 rings (SSSR count). The van der Waals surface area contributed by atoms with Gasteiger partial charge >= 0.3 is 0 Å². The van der Waals surface area contributed by atoms with E-state index in [1.165, 1.54) is 11.6 Å². The Morgan fingerprint density at radius 2 is 1.93 bits per heavy atom. The minimum atomic E-state index is -0.310. The van der Waals surface area contributed by atoms with Gasteiger partial charge in [-0.2, -0.15) is 5.10 Å². The zero-order valence-corrected chi connectivity index (χ0v) is 17.9. The highest BCUT2D eigenvalue weighted by atomic mass is 32.1. The quantitative estimate of drug-likeness (QED) is 0.322. The summed E-state index contributed by atoms with van der Waals surface area (Å²) >= 11 is 5.29. The fourth-order valence-electron chi connectivity index (χ4n) is 3.00. The number of anilines is 1. The normalized spacial score (nSPS) is 10.7. The molecule has 0 aliphatic carbocycles. The molecule has 0 saturated heterocycles. The summed E-state index contributed by atoms with van der Waals surface area (Å²) in [7, 11) is 0. The van der Waals surface area contributed by atoms with E-state index in [4.69, 9.17) is 12.2 Å². The zero-order chi connectivity index (χ0) is 21.3. The number of carbonyl (C=O) groups is 1. The lowest BCUT2D eigenvalue weighted by Crippen LogP contribution is -2.43. The lowest BCUT2D eigenvalue weighted by atomic mass is 10.1. The SMILES string of the molecule is CCc1cccc(C)c1NC(=S)NNC(=O)/C=C/c1cnn(Cc2ccccc2)c1. The molecule has 7 heteroatoms. The van der Waals surface area contributed by atoms with Crippen molar-refractivity contribution >= 4 is 35.0 Å².